The van der Waals surface area contributed by atoms with E-state index in [0.717, 1.165) is 0 Å². The summed E-state index contributed by atoms with van der Waals surface area (Å²) in [6.45, 7) is 0. The Morgan fingerprint density at radius 3 is 2.72 bits per heavy atom. The van der Waals surface area contributed by atoms with Crippen LogP contribution in [0.4, 0.5) is 0 Å². The molecule has 0 amide bonds. The molecule has 0 aliphatic rings. The van der Waals surface area contributed by atoms with Gasteiger partial charge in [0.2, 0.25) is 0 Å². The van der Waals surface area contributed by atoms with E-state index in [9.17, 15) is 4.79 Å². The van der Waals surface area contributed by atoms with E-state index in [1.54, 1.807) is 12.1 Å². The van der Waals surface area contributed by atoms with Crippen LogP contribution in [-0.4, -0.2) is 21.0 Å². The number of carboxylic acid groups (broad SMARTS) is 1. The van der Waals surface area contributed by atoms with Crippen LogP contribution in [0.25, 0.3) is 0 Å². The molecule has 2 aromatic heterocycles. The molecule has 0 unspecified atom stereocenters. The van der Waals surface area contributed by atoms with Gasteiger partial charge in [-0.1, -0.05) is 11.8 Å². The molecule has 0 saturated heterocycles. The second-order valence-corrected chi connectivity index (χ2v) is 4.33. The fourth-order valence-electron chi connectivity index (χ4n) is 1.21. The molecule has 0 fully saturated rings. The normalized spacial score (nSPS) is 9.72. The molecule has 0 aromatic carbocycles. The summed E-state index contributed by atoms with van der Waals surface area (Å²) in [7, 11) is 0. The lowest BCUT2D eigenvalue weighted by Gasteiger charge is -2.01. The van der Waals surface area contributed by atoms with Crippen LogP contribution in [0.3, 0.4) is 0 Å². The summed E-state index contributed by atoms with van der Waals surface area (Å²) in [5, 5.41) is 18.7. The third-order valence-corrected chi connectivity index (χ3v) is 2.94. The van der Waals surface area contributed by atoms with Gasteiger partial charge in [0.25, 0.3) is 0 Å². The SMILES string of the molecule is N#Cc1ccc(Sc2cc(C(=O)O)ccn2)nc1. The van der Waals surface area contributed by atoms with Gasteiger partial charge in [0.1, 0.15) is 16.1 Å². The molecule has 88 valence electrons. The average molecular weight is 257 g/mol. The quantitative estimate of drug-likeness (QED) is 0.906. The molecular formula is C12H7N3O2S. The van der Waals surface area contributed by atoms with E-state index >= 15 is 0 Å². The van der Waals surface area contributed by atoms with Crippen molar-refractivity contribution in [2.75, 3.05) is 0 Å². The first kappa shape index (κ1) is 12.1. The Balaban J connectivity index is 2.20. The largest absolute Gasteiger partial charge is 0.478 e. The maximum Gasteiger partial charge on any atom is 0.335 e. The number of aromatic carboxylic acids is 1. The van der Waals surface area contributed by atoms with Crippen LogP contribution in [-0.2, 0) is 0 Å². The first-order valence-electron chi connectivity index (χ1n) is 4.92. The van der Waals surface area contributed by atoms with Gasteiger partial charge in [0.15, 0.2) is 0 Å². The molecule has 1 N–H and O–H groups in total. The van der Waals surface area contributed by atoms with Gasteiger partial charge < -0.3 is 5.11 Å². The standard InChI is InChI=1S/C12H7N3O2S/c13-6-8-1-2-10(15-7-8)18-11-5-9(12(16)17)3-4-14-11/h1-5,7H,(H,16,17). The van der Waals surface area contributed by atoms with Crippen molar-refractivity contribution in [2.24, 2.45) is 0 Å². The minimum Gasteiger partial charge on any atom is -0.478 e. The van der Waals surface area contributed by atoms with Crippen LogP contribution in [0.2, 0.25) is 0 Å². The third-order valence-electron chi connectivity index (χ3n) is 2.06. The highest BCUT2D eigenvalue weighted by Gasteiger charge is 2.06. The van der Waals surface area contributed by atoms with E-state index in [4.69, 9.17) is 10.4 Å². The second kappa shape index (κ2) is 5.29. The number of aromatic nitrogens is 2. The van der Waals surface area contributed by atoms with Crippen LogP contribution >= 0.6 is 11.8 Å². The summed E-state index contributed by atoms with van der Waals surface area (Å²) in [4.78, 5) is 18.9. The number of hydrogen-bond acceptors (Lipinski definition) is 5. The Labute approximate surface area is 107 Å². The Morgan fingerprint density at radius 1 is 1.28 bits per heavy atom. The van der Waals surface area contributed by atoms with Gasteiger partial charge in [0, 0.05) is 12.4 Å². The van der Waals surface area contributed by atoms with Crippen LogP contribution in [0, 0.1) is 11.3 Å². The molecule has 0 bridgehead atoms. The van der Waals surface area contributed by atoms with Gasteiger partial charge in [-0.2, -0.15) is 5.26 Å². The van der Waals surface area contributed by atoms with Crippen molar-refractivity contribution in [3.05, 3.63) is 47.8 Å². The first-order valence-corrected chi connectivity index (χ1v) is 5.74. The van der Waals surface area contributed by atoms with Gasteiger partial charge in [0.05, 0.1) is 11.1 Å². The fourth-order valence-corrected chi connectivity index (χ4v) is 1.97. The zero-order chi connectivity index (χ0) is 13.0. The second-order valence-electron chi connectivity index (χ2n) is 3.29. The van der Waals surface area contributed by atoms with Crippen LogP contribution in [0.5, 0.6) is 0 Å². The van der Waals surface area contributed by atoms with Crippen LogP contribution < -0.4 is 0 Å². The van der Waals surface area contributed by atoms with Crippen molar-refractivity contribution in [2.45, 2.75) is 10.1 Å². The van der Waals surface area contributed by atoms with Gasteiger partial charge in [-0.15, -0.1) is 0 Å². The first-order chi connectivity index (χ1) is 8.69. The highest BCUT2D eigenvalue weighted by molar-refractivity contribution is 7.99. The molecule has 2 aromatic rings. The van der Waals surface area contributed by atoms with E-state index in [-0.39, 0.29) is 5.56 Å². The van der Waals surface area contributed by atoms with Gasteiger partial charge >= 0.3 is 5.97 Å². The zero-order valence-corrected chi connectivity index (χ0v) is 9.89. The van der Waals surface area contributed by atoms with Crippen molar-refractivity contribution in [1.29, 1.82) is 5.26 Å². The molecule has 2 heterocycles. The predicted octanol–water partition coefficient (Wildman–Crippen LogP) is 2.20. The maximum absolute atomic E-state index is 10.8. The molecule has 0 aliphatic heterocycles. The fraction of sp³-hybridized carbons (Fsp3) is 0. The smallest absolute Gasteiger partial charge is 0.335 e. The summed E-state index contributed by atoms with van der Waals surface area (Å²) >= 11 is 1.24. The molecule has 0 aliphatic carbocycles. The summed E-state index contributed by atoms with van der Waals surface area (Å²) in [5.74, 6) is -0.993. The lowest BCUT2D eigenvalue weighted by molar-refractivity contribution is 0.0696. The highest BCUT2D eigenvalue weighted by Crippen LogP contribution is 2.24. The van der Waals surface area contributed by atoms with Gasteiger partial charge in [-0.05, 0) is 24.3 Å². The molecular weight excluding hydrogens is 250 g/mol. The number of pyridine rings is 2. The van der Waals surface area contributed by atoms with Crippen molar-refractivity contribution in [3.8, 4) is 6.07 Å². The molecule has 0 spiro atoms. The lowest BCUT2D eigenvalue weighted by Crippen LogP contribution is -1.96. The molecule has 0 radical (unpaired) electrons. The third kappa shape index (κ3) is 2.84. The van der Waals surface area contributed by atoms with Gasteiger partial charge in [-0.25, -0.2) is 14.8 Å². The van der Waals surface area contributed by atoms with Crippen LogP contribution in [0.1, 0.15) is 15.9 Å². The molecule has 0 saturated carbocycles. The summed E-state index contributed by atoms with van der Waals surface area (Å²) in [6, 6.07) is 8.23. The molecule has 18 heavy (non-hydrogen) atoms. The number of nitrogens with zero attached hydrogens (tertiary/aromatic N) is 3. The number of rotatable bonds is 3. The van der Waals surface area contributed by atoms with Crippen molar-refractivity contribution in [1.82, 2.24) is 9.97 Å². The Bertz CT molecular complexity index is 620. The zero-order valence-electron chi connectivity index (χ0n) is 9.07. The minimum absolute atomic E-state index is 0.182. The van der Waals surface area contributed by atoms with E-state index in [1.807, 2.05) is 6.07 Å². The lowest BCUT2D eigenvalue weighted by atomic mass is 10.3. The molecule has 0 atom stereocenters. The summed E-state index contributed by atoms with van der Waals surface area (Å²) in [6.07, 6.45) is 2.90. The van der Waals surface area contributed by atoms with Crippen molar-refractivity contribution < 1.29 is 9.90 Å². The van der Waals surface area contributed by atoms with E-state index in [0.29, 0.717) is 15.6 Å². The predicted molar refractivity (Wildman–Crippen MR) is 64.3 cm³/mol. The summed E-state index contributed by atoms with van der Waals surface area (Å²) in [5.41, 5.74) is 0.660. The molecule has 2 rings (SSSR count). The van der Waals surface area contributed by atoms with Crippen molar-refractivity contribution in [3.63, 3.8) is 0 Å². The monoisotopic (exact) mass is 257 g/mol. The maximum atomic E-state index is 10.8. The minimum atomic E-state index is -0.993. The molecule has 5 nitrogen and oxygen atoms in total. The number of carboxylic acids is 1. The number of hydrogen-bond donors (Lipinski definition) is 1. The Kier molecular flexibility index (Phi) is 3.55. The Hall–Kier alpha value is -2.39. The number of nitriles is 1. The molecule has 6 heteroatoms. The Morgan fingerprint density at radius 2 is 2.11 bits per heavy atom. The van der Waals surface area contributed by atoms with Crippen molar-refractivity contribution >= 4 is 17.7 Å². The van der Waals surface area contributed by atoms with Crippen LogP contribution in [0.15, 0.2) is 46.7 Å². The van der Waals surface area contributed by atoms with E-state index < -0.39 is 5.97 Å². The average Bonchev–Trinajstić information content (AvgIpc) is 2.40. The summed E-state index contributed by atoms with van der Waals surface area (Å²) < 4.78 is 0. The highest BCUT2D eigenvalue weighted by atomic mass is 32.2. The van der Waals surface area contributed by atoms with E-state index in [1.165, 1.54) is 36.3 Å². The van der Waals surface area contributed by atoms with E-state index in [2.05, 4.69) is 9.97 Å². The van der Waals surface area contributed by atoms with Gasteiger partial charge in [-0.3, -0.25) is 0 Å². The topological polar surface area (TPSA) is 86.9 Å². The number of carbonyl (C=O) groups is 1.